The lowest BCUT2D eigenvalue weighted by molar-refractivity contribution is 0.210. The standard InChI is InChI=1S/C15H14ClNO/c1-10-2-7-14-13(8-10)17-9-15(18-14)11-3-5-12(16)6-4-11/h2-8,15,17H,9H2,1H3. The Morgan fingerprint density at radius 1 is 1.17 bits per heavy atom. The molecule has 0 fully saturated rings. The van der Waals surface area contributed by atoms with Gasteiger partial charge in [-0.3, -0.25) is 0 Å². The van der Waals surface area contributed by atoms with E-state index < -0.39 is 0 Å². The highest BCUT2D eigenvalue weighted by atomic mass is 35.5. The van der Waals surface area contributed by atoms with Crippen molar-refractivity contribution in [3.63, 3.8) is 0 Å². The summed E-state index contributed by atoms with van der Waals surface area (Å²) in [6.07, 6.45) is 0.0393. The van der Waals surface area contributed by atoms with Crippen LogP contribution in [0.1, 0.15) is 17.2 Å². The minimum absolute atomic E-state index is 0.0393. The van der Waals surface area contributed by atoms with Gasteiger partial charge >= 0.3 is 0 Å². The molecule has 3 heteroatoms. The van der Waals surface area contributed by atoms with Crippen LogP contribution >= 0.6 is 11.6 Å². The maximum Gasteiger partial charge on any atom is 0.143 e. The van der Waals surface area contributed by atoms with Gasteiger partial charge in [-0.1, -0.05) is 29.8 Å². The summed E-state index contributed by atoms with van der Waals surface area (Å²) >= 11 is 5.89. The van der Waals surface area contributed by atoms with E-state index in [0.29, 0.717) is 0 Å². The van der Waals surface area contributed by atoms with Gasteiger partial charge in [0.1, 0.15) is 11.9 Å². The largest absolute Gasteiger partial charge is 0.482 e. The Bertz CT molecular complexity index is 565. The Kier molecular flexibility index (Phi) is 2.88. The second kappa shape index (κ2) is 4.54. The van der Waals surface area contributed by atoms with Crippen molar-refractivity contribution in [2.24, 2.45) is 0 Å². The maximum absolute atomic E-state index is 6.01. The molecule has 0 saturated heterocycles. The number of rotatable bonds is 1. The first-order valence-corrected chi connectivity index (χ1v) is 6.37. The zero-order valence-electron chi connectivity index (χ0n) is 10.1. The molecule has 0 aliphatic carbocycles. The van der Waals surface area contributed by atoms with E-state index in [4.69, 9.17) is 16.3 Å². The van der Waals surface area contributed by atoms with Crippen molar-refractivity contribution in [1.29, 1.82) is 0 Å². The van der Waals surface area contributed by atoms with Crippen LogP contribution in [-0.4, -0.2) is 6.54 Å². The summed E-state index contributed by atoms with van der Waals surface area (Å²) in [6, 6.07) is 14.0. The third kappa shape index (κ3) is 2.16. The molecule has 1 N–H and O–H groups in total. The molecule has 2 nitrogen and oxygen atoms in total. The summed E-state index contributed by atoms with van der Waals surface area (Å²) < 4.78 is 6.01. The van der Waals surface area contributed by atoms with E-state index in [9.17, 15) is 0 Å². The molecular formula is C15H14ClNO. The molecule has 1 aliphatic heterocycles. The number of nitrogens with one attached hydrogen (secondary N) is 1. The highest BCUT2D eigenvalue weighted by molar-refractivity contribution is 6.30. The molecule has 2 aromatic carbocycles. The van der Waals surface area contributed by atoms with Crippen LogP contribution in [0.5, 0.6) is 5.75 Å². The average Bonchev–Trinajstić information content (AvgIpc) is 2.39. The third-order valence-corrected chi connectivity index (χ3v) is 3.38. The van der Waals surface area contributed by atoms with Gasteiger partial charge in [-0.05, 0) is 42.3 Å². The second-order valence-corrected chi connectivity index (χ2v) is 4.97. The zero-order valence-corrected chi connectivity index (χ0v) is 10.9. The molecule has 0 saturated carbocycles. The van der Waals surface area contributed by atoms with Gasteiger partial charge in [-0.25, -0.2) is 0 Å². The minimum atomic E-state index is 0.0393. The van der Waals surface area contributed by atoms with Crippen LogP contribution < -0.4 is 10.1 Å². The smallest absolute Gasteiger partial charge is 0.143 e. The van der Waals surface area contributed by atoms with Crippen molar-refractivity contribution in [2.75, 3.05) is 11.9 Å². The number of hydrogen-bond donors (Lipinski definition) is 1. The highest BCUT2D eigenvalue weighted by Crippen LogP contribution is 2.34. The summed E-state index contributed by atoms with van der Waals surface area (Å²) in [5.74, 6) is 0.909. The first-order valence-electron chi connectivity index (χ1n) is 5.99. The van der Waals surface area contributed by atoms with Crippen LogP contribution in [0.3, 0.4) is 0 Å². The molecule has 2 aromatic rings. The zero-order chi connectivity index (χ0) is 12.5. The van der Waals surface area contributed by atoms with Crippen LogP contribution in [0, 0.1) is 6.92 Å². The topological polar surface area (TPSA) is 21.3 Å². The van der Waals surface area contributed by atoms with Gasteiger partial charge in [-0.2, -0.15) is 0 Å². The van der Waals surface area contributed by atoms with Gasteiger partial charge < -0.3 is 10.1 Å². The highest BCUT2D eigenvalue weighted by Gasteiger charge is 2.20. The maximum atomic E-state index is 6.01. The Morgan fingerprint density at radius 2 is 1.94 bits per heavy atom. The first kappa shape index (κ1) is 11.4. The third-order valence-electron chi connectivity index (χ3n) is 3.12. The van der Waals surface area contributed by atoms with Gasteiger partial charge in [0, 0.05) is 5.02 Å². The Morgan fingerprint density at radius 3 is 2.72 bits per heavy atom. The van der Waals surface area contributed by atoms with E-state index in [2.05, 4.69) is 24.4 Å². The molecular weight excluding hydrogens is 246 g/mol. The van der Waals surface area contributed by atoms with Crippen molar-refractivity contribution in [3.05, 3.63) is 58.6 Å². The first-order chi connectivity index (χ1) is 8.72. The lowest BCUT2D eigenvalue weighted by Crippen LogP contribution is -2.23. The number of aryl methyl sites for hydroxylation is 1. The fraction of sp³-hybridized carbons (Fsp3) is 0.200. The van der Waals surface area contributed by atoms with Crippen molar-refractivity contribution < 1.29 is 4.74 Å². The number of anilines is 1. The van der Waals surface area contributed by atoms with Crippen molar-refractivity contribution in [2.45, 2.75) is 13.0 Å². The monoisotopic (exact) mass is 259 g/mol. The molecule has 1 aliphatic rings. The molecule has 1 heterocycles. The Labute approximate surface area is 112 Å². The Hall–Kier alpha value is -1.67. The van der Waals surface area contributed by atoms with Crippen molar-refractivity contribution >= 4 is 17.3 Å². The van der Waals surface area contributed by atoms with Crippen LogP contribution in [-0.2, 0) is 0 Å². The lowest BCUT2D eigenvalue weighted by atomic mass is 10.1. The van der Waals surface area contributed by atoms with Gasteiger partial charge in [-0.15, -0.1) is 0 Å². The molecule has 0 bridgehead atoms. The summed E-state index contributed by atoms with van der Waals surface area (Å²) in [7, 11) is 0. The van der Waals surface area contributed by atoms with Crippen LogP contribution in [0.4, 0.5) is 5.69 Å². The summed E-state index contributed by atoms with van der Waals surface area (Å²) in [4.78, 5) is 0. The molecule has 1 unspecified atom stereocenters. The fourth-order valence-corrected chi connectivity index (χ4v) is 2.27. The number of ether oxygens (including phenoxy) is 1. The van der Waals surface area contributed by atoms with Crippen molar-refractivity contribution in [3.8, 4) is 5.75 Å². The molecule has 0 spiro atoms. The van der Waals surface area contributed by atoms with E-state index in [1.54, 1.807) is 0 Å². The minimum Gasteiger partial charge on any atom is -0.482 e. The summed E-state index contributed by atoms with van der Waals surface area (Å²) in [5.41, 5.74) is 3.44. The van der Waals surface area contributed by atoms with E-state index in [1.165, 1.54) is 5.56 Å². The quantitative estimate of drug-likeness (QED) is 0.829. The normalized spacial score (nSPS) is 17.6. The van der Waals surface area contributed by atoms with Gasteiger partial charge in [0.25, 0.3) is 0 Å². The lowest BCUT2D eigenvalue weighted by Gasteiger charge is -2.28. The van der Waals surface area contributed by atoms with Gasteiger partial charge in [0.2, 0.25) is 0 Å². The number of hydrogen-bond acceptors (Lipinski definition) is 2. The van der Waals surface area contributed by atoms with Crippen LogP contribution in [0.2, 0.25) is 5.02 Å². The van der Waals surface area contributed by atoms with Crippen molar-refractivity contribution in [1.82, 2.24) is 0 Å². The molecule has 18 heavy (non-hydrogen) atoms. The predicted molar refractivity (Wildman–Crippen MR) is 74.5 cm³/mol. The summed E-state index contributed by atoms with van der Waals surface area (Å²) in [6.45, 7) is 2.85. The number of benzene rings is 2. The predicted octanol–water partition coefficient (Wildman–Crippen LogP) is 4.19. The van der Waals surface area contributed by atoms with Gasteiger partial charge in [0.15, 0.2) is 0 Å². The molecule has 3 rings (SSSR count). The fourth-order valence-electron chi connectivity index (χ4n) is 2.15. The number of fused-ring (bicyclic) bond motifs is 1. The van der Waals surface area contributed by atoms with Gasteiger partial charge in [0.05, 0.1) is 12.2 Å². The number of halogens is 1. The Balaban J connectivity index is 1.86. The van der Waals surface area contributed by atoms with Crippen LogP contribution in [0.15, 0.2) is 42.5 Å². The van der Waals surface area contributed by atoms with E-state index in [-0.39, 0.29) is 6.10 Å². The van der Waals surface area contributed by atoms with E-state index >= 15 is 0 Å². The second-order valence-electron chi connectivity index (χ2n) is 4.54. The van der Waals surface area contributed by atoms with E-state index in [0.717, 1.165) is 28.6 Å². The molecule has 0 radical (unpaired) electrons. The molecule has 92 valence electrons. The SMILES string of the molecule is Cc1ccc2c(c1)NCC(c1ccc(Cl)cc1)O2. The molecule has 0 aromatic heterocycles. The molecule has 1 atom stereocenters. The summed E-state index contributed by atoms with van der Waals surface area (Å²) in [5, 5.41) is 4.16. The van der Waals surface area contributed by atoms with Crippen LogP contribution in [0.25, 0.3) is 0 Å². The van der Waals surface area contributed by atoms with E-state index in [1.807, 2.05) is 30.3 Å². The molecule has 0 amide bonds. The average molecular weight is 260 g/mol.